The summed E-state index contributed by atoms with van der Waals surface area (Å²) in [5.74, 6) is -0.0103. The highest BCUT2D eigenvalue weighted by molar-refractivity contribution is 5.85. The van der Waals surface area contributed by atoms with Gasteiger partial charge in [-0.05, 0) is 32.6 Å². The Kier molecular flexibility index (Phi) is 3.61. The van der Waals surface area contributed by atoms with E-state index >= 15 is 0 Å². The Balaban J connectivity index is 2.73. The van der Waals surface area contributed by atoms with Crippen LogP contribution in [-0.2, 0) is 4.79 Å². The average Bonchev–Trinajstić information content (AvgIpc) is 2.91. The fraction of sp³-hybridized carbons (Fsp3) is 0.583. The van der Waals surface area contributed by atoms with E-state index in [0.717, 1.165) is 6.08 Å². The van der Waals surface area contributed by atoms with Gasteiger partial charge in [-0.25, -0.2) is 0 Å². The molecule has 0 radical (unpaired) electrons. The van der Waals surface area contributed by atoms with Crippen molar-refractivity contribution in [3.63, 3.8) is 0 Å². The third-order valence-electron chi connectivity index (χ3n) is 3.07. The molecule has 0 spiro atoms. The molecule has 0 aromatic rings. The number of allylic oxidation sites excluding steroid dienone is 3. The number of halogens is 3. The highest BCUT2D eigenvalue weighted by Gasteiger charge is 2.46. The summed E-state index contributed by atoms with van der Waals surface area (Å²) in [6.07, 6.45) is -0.525. The predicted octanol–water partition coefficient (Wildman–Crippen LogP) is 3.81. The van der Waals surface area contributed by atoms with Gasteiger partial charge in [-0.1, -0.05) is 12.2 Å². The fourth-order valence-electron chi connectivity index (χ4n) is 1.64. The molecule has 0 bridgehead atoms. The molecule has 1 aliphatic carbocycles. The van der Waals surface area contributed by atoms with E-state index in [2.05, 4.69) is 6.58 Å². The topological polar surface area (TPSA) is 17.1 Å². The summed E-state index contributed by atoms with van der Waals surface area (Å²) in [5, 5.41) is 0. The SMILES string of the molecule is C=CC/C(=C\CC1(C(C)=O)CC1)C(F)(F)F. The largest absolute Gasteiger partial charge is 0.412 e. The zero-order chi connectivity index (χ0) is 12.4. The first-order valence-electron chi connectivity index (χ1n) is 5.20. The molecule has 0 aromatic carbocycles. The van der Waals surface area contributed by atoms with E-state index in [-0.39, 0.29) is 18.6 Å². The Morgan fingerprint density at radius 2 is 2.00 bits per heavy atom. The first kappa shape index (κ1) is 13.0. The number of carbonyl (C=O) groups is 1. The predicted molar refractivity (Wildman–Crippen MR) is 55.9 cm³/mol. The molecule has 1 nitrogen and oxygen atoms in total. The van der Waals surface area contributed by atoms with Crippen molar-refractivity contribution >= 4 is 5.78 Å². The summed E-state index contributed by atoms with van der Waals surface area (Å²) in [5.41, 5.74) is -1.10. The molecular formula is C12H15F3O. The van der Waals surface area contributed by atoms with E-state index in [4.69, 9.17) is 0 Å². The van der Waals surface area contributed by atoms with Gasteiger partial charge in [0.1, 0.15) is 5.78 Å². The summed E-state index contributed by atoms with van der Waals surface area (Å²) < 4.78 is 37.5. The second-order valence-corrected chi connectivity index (χ2v) is 4.26. The van der Waals surface area contributed by atoms with Crippen LogP contribution in [0, 0.1) is 5.41 Å². The van der Waals surface area contributed by atoms with E-state index in [1.165, 1.54) is 13.0 Å². The quantitative estimate of drug-likeness (QED) is 0.659. The van der Waals surface area contributed by atoms with Crippen LogP contribution in [0.4, 0.5) is 13.2 Å². The maximum Gasteiger partial charge on any atom is 0.412 e. The number of rotatable bonds is 5. The maximum absolute atomic E-state index is 12.5. The summed E-state index contributed by atoms with van der Waals surface area (Å²) >= 11 is 0. The van der Waals surface area contributed by atoms with Gasteiger partial charge in [0.2, 0.25) is 0 Å². The standard InChI is InChI=1S/C12H15F3O/c1-3-4-10(12(13,14)15)5-6-11(7-8-11)9(2)16/h3,5H,1,4,6-8H2,2H3/b10-5+. The van der Waals surface area contributed by atoms with Crippen LogP contribution < -0.4 is 0 Å². The lowest BCUT2D eigenvalue weighted by Gasteiger charge is -2.12. The van der Waals surface area contributed by atoms with Crippen LogP contribution in [-0.4, -0.2) is 12.0 Å². The molecule has 16 heavy (non-hydrogen) atoms. The zero-order valence-electron chi connectivity index (χ0n) is 9.23. The molecular weight excluding hydrogens is 217 g/mol. The van der Waals surface area contributed by atoms with Crippen molar-refractivity contribution in [1.29, 1.82) is 0 Å². The molecule has 0 aromatic heterocycles. The van der Waals surface area contributed by atoms with Crippen LogP contribution in [0.25, 0.3) is 0 Å². The molecule has 0 saturated heterocycles. The van der Waals surface area contributed by atoms with Crippen molar-refractivity contribution in [3.05, 3.63) is 24.3 Å². The molecule has 4 heteroatoms. The van der Waals surface area contributed by atoms with Gasteiger partial charge in [0, 0.05) is 11.0 Å². The normalized spacial score (nSPS) is 19.4. The summed E-state index contributed by atoms with van der Waals surface area (Å²) in [6.45, 7) is 4.75. The minimum Gasteiger partial charge on any atom is -0.299 e. The molecule has 1 rings (SSSR count). The number of alkyl halides is 3. The fourth-order valence-corrected chi connectivity index (χ4v) is 1.64. The van der Waals surface area contributed by atoms with Gasteiger partial charge >= 0.3 is 6.18 Å². The highest BCUT2D eigenvalue weighted by atomic mass is 19.4. The Labute approximate surface area is 93.0 Å². The van der Waals surface area contributed by atoms with E-state index in [0.29, 0.717) is 12.8 Å². The third-order valence-corrected chi connectivity index (χ3v) is 3.07. The van der Waals surface area contributed by atoms with Gasteiger partial charge in [-0.3, -0.25) is 4.79 Å². The van der Waals surface area contributed by atoms with Crippen LogP contribution >= 0.6 is 0 Å². The molecule has 0 unspecified atom stereocenters. The van der Waals surface area contributed by atoms with E-state index < -0.39 is 17.2 Å². The van der Waals surface area contributed by atoms with Crippen molar-refractivity contribution in [1.82, 2.24) is 0 Å². The molecule has 90 valence electrons. The Hall–Kier alpha value is -1.06. The van der Waals surface area contributed by atoms with Crippen LogP contribution in [0.3, 0.4) is 0 Å². The molecule has 1 aliphatic rings. The van der Waals surface area contributed by atoms with Crippen LogP contribution in [0.15, 0.2) is 24.3 Å². The minimum atomic E-state index is -4.32. The number of carbonyl (C=O) groups excluding carboxylic acids is 1. The summed E-state index contributed by atoms with van der Waals surface area (Å²) in [4.78, 5) is 11.2. The van der Waals surface area contributed by atoms with Gasteiger partial charge in [0.25, 0.3) is 0 Å². The van der Waals surface area contributed by atoms with Crippen molar-refractivity contribution in [3.8, 4) is 0 Å². The number of Topliss-reactive ketones (excluding diaryl/α,β-unsaturated/α-hetero) is 1. The number of hydrogen-bond acceptors (Lipinski definition) is 1. The van der Waals surface area contributed by atoms with E-state index in [1.54, 1.807) is 0 Å². The second-order valence-electron chi connectivity index (χ2n) is 4.26. The lowest BCUT2D eigenvalue weighted by Crippen LogP contribution is -2.14. The highest BCUT2D eigenvalue weighted by Crippen LogP contribution is 2.50. The van der Waals surface area contributed by atoms with Crippen LogP contribution in [0.5, 0.6) is 0 Å². The third kappa shape index (κ3) is 2.97. The van der Waals surface area contributed by atoms with E-state index in [9.17, 15) is 18.0 Å². The smallest absolute Gasteiger partial charge is 0.299 e. The summed E-state index contributed by atoms with van der Waals surface area (Å²) in [6, 6.07) is 0. The number of ketones is 1. The second kappa shape index (κ2) is 4.44. The monoisotopic (exact) mass is 232 g/mol. The van der Waals surface area contributed by atoms with Crippen molar-refractivity contribution in [2.75, 3.05) is 0 Å². The maximum atomic E-state index is 12.5. The minimum absolute atomic E-state index is 0.0103. The summed E-state index contributed by atoms with van der Waals surface area (Å²) in [7, 11) is 0. The Bertz CT molecular complexity index is 322. The lowest BCUT2D eigenvalue weighted by molar-refractivity contribution is -0.122. The zero-order valence-corrected chi connectivity index (χ0v) is 9.23. The number of hydrogen-bond donors (Lipinski definition) is 0. The van der Waals surface area contributed by atoms with Crippen molar-refractivity contribution in [2.24, 2.45) is 5.41 Å². The molecule has 1 fully saturated rings. The molecule has 0 heterocycles. The van der Waals surface area contributed by atoms with Crippen LogP contribution in [0.2, 0.25) is 0 Å². The first-order valence-corrected chi connectivity index (χ1v) is 5.20. The van der Waals surface area contributed by atoms with Crippen LogP contribution in [0.1, 0.15) is 32.6 Å². The Morgan fingerprint density at radius 1 is 1.44 bits per heavy atom. The van der Waals surface area contributed by atoms with Gasteiger partial charge in [0.05, 0.1) is 0 Å². The van der Waals surface area contributed by atoms with Gasteiger partial charge in [0.15, 0.2) is 0 Å². The van der Waals surface area contributed by atoms with Gasteiger partial charge < -0.3 is 0 Å². The molecule has 0 amide bonds. The Morgan fingerprint density at radius 3 is 2.31 bits per heavy atom. The average molecular weight is 232 g/mol. The molecule has 1 saturated carbocycles. The first-order chi connectivity index (χ1) is 7.32. The molecule has 0 N–H and O–H groups in total. The molecule has 0 aliphatic heterocycles. The van der Waals surface area contributed by atoms with Gasteiger partial charge in [-0.15, -0.1) is 6.58 Å². The lowest BCUT2D eigenvalue weighted by atomic mass is 9.95. The van der Waals surface area contributed by atoms with Gasteiger partial charge in [-0.2, -0.15) is 13.2 Å². The van der Waals surface area contributed by atoms with E-state index in [1.807, 2.05) is 0 Å². The van der Waals surface area contributed by atoms with Crippen molar-refractivity contribution in [2.45, 2.75) is 38.8 Å². The molecule has 0 atom stereocenters. The van der Waals surface area contributed by atoms with Crippen molar-refractivity contribution < 1.29 is 18.0 Å².